The number of rotatable bonds is 5. The van der Waals surface area contributed by atoms with Crippen molar-refractivity contribution in [2.45, 2.75) is 25.8 Å². The summed E-state index contributed by atoms with van der Waals surface area (Å²) in [6, 6.07) is 11.2. The van der Waals surface area contributed by atoms with Gasteiger partial charge < -0.3 is 15.3 Å². The maximum atomic E-state index is 11.1. The van der Waals surface area contributed by atoms with Crippen LogP contribution in [0.5, 0.6) is 0 Å². The Morgan fingerprint density at radius 2 is 1.81 bits per heavy atom. The lowest BCUT2D eigenvalue weighted by Crippen LogP contribution is -2.36. The Labute approximate surface area is 174 Å². The molecule has 1 fully saturated rings. The molecule has 1 saturated heterocycles. The van der Waals surface area contributed by atoms with Crippen LogP contribution in [0.2, 0.25) is 15.1 Å². The standard InChI is InChI=1S/C20H21Cl3N2O2/c1-12(16-4-2-14(21)10-18(16)23)24-19-11-15(3-5-17(19)22)25-8-6-13(7-9-25)20(26)27/h2-5,10-13,24H,6-9H2,1H3,(H,26,27). The van der Waals surface area contributed by atoms with Gasteiger partial charge in [-0.05, 0) is 55.7 Å². The normalized spacial score (nSPS) is 16.2. The predicted octanol–water partition coefficient (Wildman–Crippen LogP) is 6.12. The van der Waals surface area contributed by atoms with Crippen LogP contribution in [0.25, 0.3) is 0 Å². The number of anilines is 2. The van der Waals surface area contributed by atoms with Crippen molar-refractivity contribution in [2.24, 2.45) is 5.92 Å². The molecule has 2 aromatic carbocycles. The van der Waals surface area contributed by atoms with Crippen molar-refractivity contribution in [2.75, 3.05) is 23.3 Å². The molecule has 4 nitrogen and oxygen atoms in total. The quantitative estimate of drug-likeness (QED) is 0.603. The van der Waals surface area contributed by atoms with E-state index in [1.165, 1.54) is 0 Å². The van der Waals surface area contributed by atoms with E-state index in [-0.39, 0.29) is 12.0 Å². The Morgan fingerprint density at radius 1 is 1.11 bits per heavy atom. The van der Waals surface area contributed by atoms with Gasteiger partial charge in [-0.1, -0.05) is 40.9 Å². The second-order valence-electron chi connectivity index (χ2n) is 6.80. The minimum Gasteiger partial charge on any atom is -0.481 e. The summed E-state index contributed by atoms with van der Waals surface area (Å²) in [6.07, 6.45) is 1.30. The largest absolute Gasteiger partial charge is 0.481 e. The molecule has 144 valence electrons. The van der Waals surface area contributed by atoms with E-state index >= 15 is 0 Å². The topological polar surface area (TPSA) is 52.6 Å². The molecule has 1 unspecified atom stereocenters. The van der Waals surface area contributed by atoms with Crippen LogP contribution in [-0.4, -0.2) is 24.2 Å². The van der Waals surface area contributed by atoms with Gasteiger partial charge >= 0.3 is 5.97 Å². The fourth-order valence-electron chi connectivity index (χ4n) is 3.37. The van der Waals surface area contributed by atoms with Crippen molar-refractivity contribution < 1.29 is 9.90 Å². The summed E-state index contributed by atoms with van der Waals surface area (Å²) >= 11 is 18.7. The zero-order valence-electron chi connectivity index (χ0n) is 14.9. The molecule has 0 amide bonds. The van der Waals surface area contributed by atoms with Crippen LogP contribution >= 0.6 is 34.8 Å². The number of piperidine rings is 1. The number of carboxylic acids is 1. The number of hydrogen-bond acceptors (Lipinski definition) is 3. The van der Waals surface area contributed by atoms with Crippen molar-refractivity contribution >= 4 is 52.1 Å². The van der Waals surface area contributed by atoms with Crippen LogP contribution in [0.3, 0.4) is 0 Å². The summed E-state index contributed by atoms with van der Waals surface area (Å²) in [5.74, 6) is -0.958. The highest BCUT2D eigenvalue weighted by Crippen LogP contribution is 2.34. The number of carbonyl (C=O) groups is 1. The number of hydrogen-bond donors (Lipinski definition) is 2. The van der Waals surface area contributed by atoms with Crippen LogP contribution in [0.1, 0.15) is 31.4 Å². The van der Waals surface area contributed by atoms with E-state index in [2.05, 4.69) is 10.2 Å². The minimum absolute atomic E-state index is 0.0553. The van der Waals surface area contributed by atoms with Gasteiger partial charge in [-0.15, -0.1) is 0 Å². The van der Waals surface area contributed by atoms with Crippen molar-refractivity contribution in [1.29, 1.82) is 0 Å². The summed E-state index contributed by atoms with van der Waals surface area (Å²) in [4.78, 5) is 13.3. The molecule has 1 aliphatic rings. The van der Waals surface area contributed by atoms with Gasteiger partial charge in [0.2, 0.25) is 0 Å². The van der Waals surface area contributed by atoms with Gasteiger partial charge in [-0.2, -0.15) is 0 Å². The molecule has 3 rings (SSSR count). The highest BCUT2D eigenvalue weighted by atomic mass is 35.5. The van der Waals surface area contributed by atoms with Gasteiger partial charge in [0.05, 0.1) is 22.7 Å². The first kappa shape index (κ1) is 20.1. The number of benzene rings is 2. The number of aliphatic carboxylic acids is 1. The second-order valence-corrected chi connectivity index (χ2v) is 8.05. The lowest BCUT2D eigenvalue weighted by atomic mass is 9.96. The molecular weight excluding hydrogens is 407 g/mol. The number of halogens is 3. The lowest BCUT2D eigenvalue weighted by molar-refractivity contribution is -0.142. The molecule has 0 aromatic heterocycles. The molecule has 2 aromatic rings. The summed E-state index contributed by atoms with van der Waals surface area (Å²) < 4.78 is 0. The third-order valence-electron chi connectivity index (χ3n) is 4.96. The summed E-state index contributed by atoms with van der Waals surface area (Å²) in [5.41, 5.74) is 2.78. The van der Waals surface area contributed by atoms with Gasteiger partial charge in [0.15, 0.2) is 0 Å². The van der Waals surface area contributed by atoms with Crippen molar-refractivity contribution in [1.82, 2.24) is 0 Å². The first-order valence-corrected chi connectivity index (χ1v) is 9.97. The zero-order chi connectivity index (χ0) is 19.6. The Balaban J connectivity index is 1.75. The van der Waals surface area contributed by atoms with Crippen LogP contribution < -0.4 is 10.2 Å². The third kappa shape index (κ3) is 4.81. The zero-order valence-corrected chi connectivity index (χ0v) is 17.2. The average molecular weight is 428 g/mol. The van der Waals surface area contributed by atoms with Crippen LogP contribution in [0, 0.1) is 5.92 Å². The van der Waals surface area contributed by atoms with E-state index in [9.17, 15) is 4.79 Å². The number of nitrogens with one attached hydrogen (secondary N) is 1. The summed E-state index contributed by atoms with van der Waals surface area (Å²) in [7, 11) is 0. The highest BCUT2D eigenvalue weighted by Gasteiger charge is 2.25. The second kappa shape index (κ2) is 8.59. The van der Waals surface area contributed by atoms with Gasteiger partial charge in [-0.3, -0.25) is 4.79 Å². The van der Waals surface area contributed by atoms with Crippen molar-refractivity contribution in [3.8, 4) is 0 Å². The molecule has 0 bridgehead atoms. The molecule has 0 radical (unpaired) electrons. The minimum atomic E-state index is -0.707. The van der Waals surface area contributed by atoms with Gasteiger partial charge in [0.25, 0.3) is 0 Å². The predicted molar refractivity (Wildman–Crippen MR) is 113 cm³/mol. The molecule has 7 heteroatoms. The molecular formula is C20H21Cl3N2O2. The van der Waals surface area contributed by atoms with Gasteiger partial charge in [-0.25, -0.2) is 0 Å². The Bertz CT molecular complexity index is 836. The van der Waals surface area contributed by atoms with Gasteiger partial charge in [0, 0.05) is 28.8 Å². The first-order chi connectivity index (χ1) is 12.8. The molecule has 1 atom stereocenters. The molecule has 0 spiro atoms. The molecule has 0 aliphatic carbocycles. The van der Waals surface area contributed by atoms with E-state index in [0.29, 0.717) is 27.9 Å². The van der Waals surface area contributed by atoms with E-state index in [1.54, 1.807) is 6.07 Å². The maximum absolute atomic E-state index is 11.1. The molecule has 0 saturated carbocycles. The molecule has 27 heavy (non-hydrogen) atoms. The Kier molecular flexibility index (Phi) is 6.40. The van der Waals surface area contributed by atoms with Crippen molar-refractivity contribution in [3.05, 3.63) is 57.0 Å². The molecule has 1 aliphatic heterocycles. The SMILES string of the molecule is CC(Nc1cc(N2CCC(C(=O)O)CC2)ccc1Cl)c1ccc(Cl)cc1Cl. The van der Waals surface area contributed by atoms with E-state index in [1.807, 2.05) is 37.3 Å². The fourth-order valence-corrected chi connectivity index (χ4v) is 4.11. The maximum Gasteiger partial charge on any atom is 0.306 e. The summed E-state index contributed by atoms with van der Waals surface area (Å²) in [6.45, 7) is 3.45. The van der Waals surface area contributed by atoms with Crippen LogP contribution in [0.4, 0.5) is 11.4 Å². The van der Waals surface area contributed by atoms with Gasteiger partial charge in [0.1, 0.15) is 0 Å². The number of carboxylic acid groups (broad SMARTS) is 1. The first-order valence-electron chi connectivity index (χ1n) is 8.84. The highest BCUT2D eigenvalue weighted by molar-refractivity contribution is 6.35. The monoisotopic (exact) mass is 426 g/mol. The Morgan fingerprint density at radius 3 is 2.44 bits per heavy atom. The lowest BCUT2D eigenvalue weighted by Gasteiger charge is -2.32. The molecule has 2 N–H and O–H groups in total. The third-order valence-corrected chi connectivity index (χ3v) is 5.85. The van der Waals surface area contributed by atoms with Crippen molar-refractivity contribution in [3.63, 3.8) is 0 Å². The van der Waals surface area contributed by atoms with Crippen LogP contribution in [-0.2, 0) is 4.79 Å². The van der Waals surface area contributed by atoms with E-state index in [4.69, 9.17) is 39.9 Å². The molecule has 1 heterocycles. The van der Waals surface area contributed by atoms with E-state index in [0.717, 1.165) is 30.0 Å². The van der Waals surface area contributed by atoms with Crippen LogP contribution in [0.15, 0.2) is 36.4 Å². The smallest absolute Gasteiger partial charge is 0.306 e. The Hall–Kier alpha value is -1.62. The summed E-state index contributed by atoms with van der Waals surface area (Å²) in [5, 5.41) is 14.4. The fraction of sp³-hybridized carbons (Fsp3) is 0.350. The average Bonchev–Trinajstić information content (AvgIpc) is 2.63. The number of nitrogens with zero attached hydrogens (tertiary/aromatic N) is 1. The van der Waals surface area contributed by atoms with E-state index < -0.39 is 5.97 Å².